The molecule has 0 aromatic carbocycles. The normalized spacial score (nSPS) is 9.64. The number of nitrogens with zero attached hydrogens (tertiary/aromatic N) is 1. The SMILES string of the molecule is CCc1cc(OC(=O)Cl)on1. The van der Waals surface area contributed by atoms with Crippen molar-refractivity contribution in [1.29, 1.82) is 0 Å². The molecule has 0 radical (unpaired) electrons. The largest absolute Gasteiger partial charge is 0.411 e. The van der Waals surface area contributed by atoms with Crippen molar-refractivity contribution in [3.8, 4) is 5.95 Å². The lowest BCUT2D eigenvalue weighted by Gasteiger charge is -1.87. The summed E-state index contributed by atoms with van der Waals surface area (Å²) >= 11 is 4.92. The van der Waals surface area contributed by atoms with Gasteiger partial charge in [-0.2, -0.15) is 0 Å². The Bertz CT molecular complexity index is 258. The Hall–Kier alpha value is -1.03. The quantitative estimate of drug-likeness (QED) is 0.645. The van der Waals surface area contributed by atoms with Crippen molar-refractivity contribution >= 4 is 17.0 Å². The maximum absolute atomic E-state index is 10.2. The third kappa shape index (κ3) is 2.23. The highest BCUT2D eigenvalue weighted by Gasteiger charge is 2.05. The highest BCUT2D eigenvalue weighted by molar-refractivity contribution is 6.61. The van der Waals surface area contributed by atoms with E-state index in [0.717, 1.165) is 12.1 Å². The summed E-state index contributed by atoms with van der Waals surface area (Å²) in [6, 6.07) is 1.51. The minimum atomic E-state index is -0.927. The first-order valence-electron chi connectivity index (χ1n) is 3.05. The van der Waals surface area contributed by atoms with E-state index in [2.05, 4.69) is 14.4 Å². The minimum Gasteiger partial charge on any atom is -0.379 e. The first-order chi connectivity index (χ1) is 5.22. The van der Waals surface area contributed by atoms with Crippen LogP contribution in [0.15, 0.2) is 10.6 Å². The average molecular weight is 176 g/mol. The number of hydrogen-bond acceptors (Lipinski definition) is 4. The third-order valence-corrected chi connectivity index (χ3v) is 1.16. The number of aryl methyl sites for hydroxylation is 1. The van der Waals surface area contributed by atoms with Gasteiger partial charge in [-0.3, -0.25) is 0 Å². The van der Waals surface area contributed by atoms with E-state index in [1.807, 2.05) is 6.92 Å². The second-order valence-electron chi connectivity index (χ2n) is 1.83. The summed E-state index contributed by atoms with van der Waals surface area (Å²) < 4.78 is 8.98. The van der Waals surface area contributed by atoms with Crippen molar-refractivity contribution in [2.45, 2.75) is 13.3 Å². The lowest BCUT2D eigenvalue weighted by molar-refractivity contribution is 0.204. The van der Waals surface area contributed by atoms with Crippen LogP contribution in [0.3, 0.4) is 0 Å². The number of ether oxygens (including phenoxy) is 1. The highest BCUT2D eigenvalue weighted by Crippen LogP contribution is 2.13. The molecule has 0 fully saturated rings. The standard InChI is InChI=1S/C6H6ClNO3/c1-2-4-3-5(11-8-4)10-6(7)9/h3H,2H2,1H3. The first-order valence-corrected chi connectivity index (χ1v) is 3.43. The van der Waals surface area contributed by atoms with Crippen molar-refractivity contribution in [2.24, 2.45) is 0 Å². The fourth-order valence-corrected chi connectivity index (χ4v) is 0.662. The number of hydrogen-bond donors (Lipinski definition) is 0. The highest BCUT2D eigenvalue weighted by atomic mass is 35.5. The van der Waals surface area contributed by atoms with Crippen LogP contribution in [0.5, 0.6) is 5.95 Å². The molecule has 0 N–H and O–H groups in total. The molecule has 0 aliphatic rings. The number of rotatable bonds is 2. The summed E-state index contributed by atoms with van der Waals surface area (Å²) in [5.41, 5.74) is -0.207. The van der Waals surface area contributed by atoms with Gasteiger partial charge in [-0.25, -0.2) is 4.79 Å². The molecule has 0 bridgehead atoms. The Morgan fingerprint density at radius 1 is 1.91 bits per heavy atom. The zero-order chi connectivity index (χ0) is 8.27. The lowest BCUT2D eigenvalue weighted by Crippen LogP contribution is -1.93. The van der Waals surface area contributed by atoms with Crippen molar-refractivity contribution in [3.63, 3.8) is 0 Å². The molecule has 1 aromatic rings. The molecule has 1 heterocycles. The summed E-state index contributed by atoms with van der Waals surface area (Å²) in [5.74, 6) is 0.0295. The van der Waals surface area contributed by atoms with Crippen LogP contribution in [0.4, 0.5) is 4.79 Å². The van der Waals surface area contributed by atoms with Gasteiger partial charge in [0.1, 0.15) is 0 Å². The minimum absolute atomic E-state index is 0.0295. The van der Waals surface area contributed by atoms with Crippen LogP contribution in [0.2, 0.25) is 0 Å². The van der Waals surface area contributed by atoms with Gasteiger partial charge in [0, 0.05) is 17.7 Å². The zero-order valence-corrected chi connectivity index (χ0v) is 6.59. The fraction of sp³-hybridized carbons (Fsp3) is 0.333. The molecule has 11 heavy (non-hydrogen) atoms. The number of carbonyl (C=O) groups excluding carboxylic acids is 1. The van der Waals surface area contributed by atoms with Crippen LogP contribution in [0.1, 0.15) is 12.6 Å². The molecule has 60 valence electrons. The van der Waals surface area contributed by atoms with Gasteiger partial charge in [0.15, 0.2) is 0 Å². The molecule has 1 aromatic heterocycles. The summed E-state index contributed by atoms with van der Waals surface area (Å²) in [6.45, 7) is 1.91. The third-order valence-electron chi connectivity index (χ3n) is 1.08. The van der Waals surface area contributed by atoms with Gasteiger partial charge in [-0.1, -0.05) is 12.1 Å². The monoisotopic (exact) mass is 175 g/mol. The molecule has 5 heteroatoms. The van der Waals surface area contributed by atoms with E-state index in [-0.39, 0.29) is 5.95 Å². The molecule has 0 atom stereocenters. The van der Waals surface area contributed by atoms with Gasteiger partial charge in [-0.05, 0) is 6.42 Å². The Morgan fingerprint density at radius 3 is 3.09 bits per heavy atom. The smallest absolute Gasteiger partial charge is 0.379 e. The summed E-state index contributed by atoms with van der Waals surface area (Å²) in [7, 11) is 0. The zero-order valence-electron chi connectivity index (χ0n) is 5.83. The van der Waals surface area contributed by atoms with Crippen LogP contribution in [-0.2, 0) is 6.42 Å². The van der Waals surface area contributed by atoms with Crippen molar-refractivity contribution in [2.75, 3.05) is 0 Å². The Balaban J connectivity index is 2.65. The topological polar surface area (TPSA) is 52.3 Å². The van der Waals surface area contributed by atoms with Gasteiger partial charge in [-0.15, -0.1) is 0 Å². The van der Waals surface area contributed by atoms with Crippen LogP contribution in [-0.4, -0.2) is 10.6 Å². The second-order valence-corrected chi connectivity index (χ2v) is 2.14. The first kappa shape index (κ1) is 8.07. The van der Waals surface area contributed by atoms with Gasteiger partial charge in [0.25, 0.3) is 0 Å². The molecular formula is C6H6ClNO3. The maximum atomic E-state index is 10.2. The van der Waals surface area contributed by atoms with E-state index in [9.17, 15) is 4.79 Å². The molecule has 0 unspecified atom stereocenters. The Kier molecular flexibility index (Phi) is 2.48. The van der Waals surface area contributed by atoms with Gasteiger partial charge in [0.2, 0.25) is 0 Å². The molecule has 0 amide bonds. The molecule has 0 saturated carbocycles. The molecule has 0 saturated heterocycles. The van der Waals surface area contributed by atoms with Crippen LogP contribution in [0.25, 0.3) is 0 Å². The van der Waals surface area contributed by atoms with Crippen molar-refractivity contribution in [1.82, 2.24) is 5.16 Å². The number of halogens is 1. The van der Waals surface area contributed by atoms with E-state index in [0.29, 0.717) is 0 Å². The average Bonchev–Trinajstić information content (AvgIpc) is 2.34. The van der Waals surface area contributed by atoms with Gasteiger partial charge >= 0.3 is 11.4 Å². The fourth-order valence-electron chi connectivity index (χ4n) is 0.586. The van der Waals surface area contributed by atoms with E-state index < -0.39 is 5.43 Å². The van der Waals surface area contributed by atoms with Gasteiger partial charge in [0.05, 0.1) is 5.69 Å². The van der Waals surface area contributed by atoms with Crippen LogP contribution >= 0.6 is 11.6 Å². The van der Waals surface area contributed by atoms with E-state index in [1.165, 1.54) is 6.07 Å². The predicted molar refractivity (Wildman–Crippen MR) is 37.8 cm³/mol. The second kappa shape index (κ2) is 3.39. The van der Waals surface area contributed by atoms with E-state index in [1.54, 1.807) is 0 Å². The predicted octanol–water partition coefficient (Wildman–Crippen LogP) is 1.97. The summed E-state index contributed by atoms with van der Waals surface area (Å²) in [4.78, 5) is 10.2. The molecule has 0 aliphatic heterocycles. The summed E-state index contributed by atoms with van der Waals surface area (Å²) in [6.07, 6.45) is 0.726. The molecule has 0 spiro atoms. The van der Waals surface area contributed by atoms with Crippen molar-refractivity contribution < 1.29 is 14.1 Å². The molecular weight excluding hydrogens is 170 g/mol. The number of carbonyl (C=O) groups is 1. The molecule has 4 nitrogen and oxygen atoms in total. The van der Waals surface area contributed by atoms with Gasteiger partial charge < -0.3 is 9.26 Å². The Labute approximate surface area is 68.1 Å². The maximum Gasteiger partial charge on any atom is 0.411 e. The molecule has 1 rings (SSSR count). The van der Waals surface area contributed by atoms with E-state index >= 15 is 0 Å². The number of aromatic nitrogens is 1. The summed E-state index contributed by atoms with van der Waals surface area (Å²) in [5, 5.41) is 3.58. The lowest BCUT2D eigenvalue weighted by atomic mass is 10.3. The molecule has 0 aliphatic carbocycles. The van der Waals surface area contributed by atoms with E-state index in [4.69, 9.17) is 11.6 Å². The van der Waals surface area contributed by atoms with Crippen LogP contribution in [0, 0.1) is 0 Å². The van der Waals surface area contributed by atoms with Crippen LogP contribution < -0.4 is 4.74 Å². The van der Waals surface area contributed by atoms with Crippen molar-refractivity contribution in [3.05, 3.63) is 11.8 Å². The Morgan fingerprint density at radius 2 is 2.64 bits per heavy atom.